The van der Waals surface area contributed by atoms with Crippen LogP contribution >= 0.6 is 0 Å². The van der Waals surface area contributed by atoms with Crippen LogP contribution in [0.5, 0.6) is 0 Å². The predicted octanol–water partition coefficient (Wildman–Crippen LogP) is 9.46. The van der Waals surface area contributed by atoms with Gasteiger partial charge in [-0.3, -0.25) is 4.99 Å². The first-order chi connectivity index (χ1) is 21.1. The van der Waals surface area contributed by atoms with Crippen molar-refractivity contribution in [1.82, 2.24) is 0 Å². The predicted molar refractivity (Wildman–Crippen MR) is 177 cm³/mol. The van der Waals surface area contributed by atoms with Crippen molar-refractivity contribution >= 4 is 33.3 Å². The molecule has 2 aliphatic heterocycles. The molecule has 2 aliphatic rings. The van der Waals surface area contributed by atoms with Crippen molar-refractivity contribution in [3.8, 4) is 22.4 Å². The van der Waals surface area contributed by atoms with E-state index in [-0.39, 0.29) is 12.0 Å². The largest absolute Gasteiger partial charge is 0.456 e. The maximum absolute atomic E-state index is 6.40. The van der Waals surface area contributed by atoms with Gasteiger partial charge in [-0.25, -0.2) is 0 Å². The minimum absolute atomic E-state index is 0.0846. The number of furan rings is 1. The minimum Gasteiger partial charge on any atom is -0.456 e. The Hall–Kier alpha value is -5.02. The van der Waals surface area contributed by atoms with Crippen LogP contribution in [0.15, 0.2) is 132 Å². The van der Waals surface area contributed by atoms with Crippen LogP contribution in [0.2, 0.25) is 0 Å². The van der Waals surface area contributed by atoms with Gasteiger partial charge in [-0.2, -0.15) is 4.57 Å². The van der Waals surface area contributed by atoms with E-state index in [2.05, 4.69) is 115 Å². The van der Waals surface area contributed by atoms with E-state index in [1.165, 1.54) is 38.9 Å². The van der Waals surface area contributed by atoms with Gasteiger partial charge in [-0.05, 0) is 72.9 Å². The van der Waals surface area contributed by atoms with E-state index in [0.29, 0.717) is 0 Å². The molecule has 43 heavy (non-hydrogen) atoms. The molecule has 0 aliphatic carbocycles. The zero-order chi connectivity index (χ0) is 29.1. The molecule has 0 bridgehead atoms. The monoisotopic (exact) mass is 557 g/mol. The lowest BCUT2D eigenvalue weighted by Gasteiger charge is -2.32. The van der Waals surface area contributed by atoms with E-state index in [0.717, 1.165) is 58.3 Å². The minimum atomic E-state index is 0.0846. The lowest BCUT2D eigenvalue weighted by molar-refractivity contribution is -0.571. The molecule has 0 N–H and O–H groups in total. The highest BCUT2D eigenvalue weighted by atomic mass is 16.3. The highest BCUT2D eigenvalue weighted by Gasteiger charge is 2.35. The molecule has 6 aromatic rings. The molecule has 2 atom stereocenters. The summed E-state index contributed by atoms with van der Waals surface area (Å²) in [7, 11) is 0. The third kappa shape index (κ3) is 4.19. The number of rotatable bonds is 2. The van der Waals surface area contributed by atoms with Crippen molar-refractivity contribution in [3.63, 3.8) is 0 Å². The van der Waals surface area contributed by atoms with Gasteiger partial charge in [0.25, 0.3) is 0 Å². The van der Waals surface area contributed by atoms with Crippen LogP contribution in [-0.4, -0.2) is 11.8 Å². The third-order valence-corrected chi connectivity index (χ3v) is 9.36. The fourth-order valence-electron chi connectivity index (χ4n) is 7.26. The second-order valence-electron chi connectivity index (χ2n) is 11.9. The molecule has 3 nitrogen and oxygen atoms in total. The van der Waals surface area contributed by atoms with E-state index in [1.54, 1.807) is 0 Å². The number of fused-ring (bicyclic) bond motifs is 9. The standard InChI is InChI=1S/C40H33N2O/c1-4-36-30-15-9-8-14-29(30)31-19-18-28-21-40-35(32-16-10-11-17-39(32)43-40)22-34(28)38-23-33(27-12-6-5-7-13-27)25(2)24-42(38)26(3)20-37(31)41-36/h4-17,21-24,31,37H,1,3,18-20H2,2H3/q+1. The van der Waals surface area contributed by atoms with Crippen molar-refractivity contribution in [1.29, 1.82) is 0 Å². The van der Waals surface area contributed by atoms with Crippen molar-refractivity contribution < 1.29 is 8.98 Å². The Kier molecular flexibility index (Phi) is 6.01. The summed E-state index contributed by atoms with van der Waals surface area (Å²) in [6.45, 7) is 11.0. The van der Waals surface area contributed by atoms with Crippen LogP contribution in [0.1, 0.15) is 41.0 Å². The zero-order valence-electron chi connectivity index (χ0n) is 24.4. The Balaban J connectivity index is 1.39. The van der Waals surface area contributed by atoms with E-state index >= 15 is 0 Å². The SMILES string of the molecule is C=CC1=NC2CC(=C)[n+]3cc(C)c(-c4ccccc4)cc3-c3cc4c(cc3CCC2c2ccccc21)oc1ccccc14. The first-order valence-electron chi connectivity index (χ1n) is 15.1. The number of para-hydroxylation sites is 1. The average molecular weight is 558 g/mol. The van der Waals surface area contributed by atoms with Crippen LogP contribution < -0.4 is 4.57 Å². The summed E-state index contributed by atoms with van der Waals surface area (Å²) in [6, 6.07) is 34.8. The maximum atomic E-state index is 6.40. The van der Waals surface area contributed by atoms with Crippen molar-refractivity contribution in [2.45, 2.75) is 38.1 Å². The molecule has 4 heterocycles. The van der Waals surface area contributed by atoms with Gasteiger partial charge in [-0.1, -0.05) is 79.4 Å². The second-order valence-corrected chi connectivity index (χ2v) is 11.9. The highest BCUT2D eigenvalue weighted by Crippen LogP contribution is 2.41. The molecule has 0 radical (unpaired) electrons. The summed E-state index contributed by atoms with van der Waals surface area (Å²) in [6.07, 6.45) is 6.84. The molecule has 2 unspecified atom stereocenters. The molecule has 0 saturated heterocycles. The van der Waals surface area contributed by atoms with E-state index < -0.39 is 0 Å². The molecular formula is C40H33N2O+. The molecule has 4 aromatic carbocycles. The summed E-state index contributed by atoms with van der Waals surface area (Å²) < 4.78 is 8.72. The second kappa shape index (κ2) is 10.1. The Morgan fingerprint density at radius 2 is 1.63 bits per heavy atom. The number of aliphatic imine (C=N–C) groups is 1. The van der Waals surface area contributed by atoms with E-state index in [9.17, 15) is 0 Å². The molecule has 0 spiro atoms. The molecule has 3 heteroatoms. The summed E-state index contributed by atoms with van der Waals surface area (Å²) in [4.78, 5) is 5.29. The smallest absolute Gasteiger partial charge is 0.219 e. The third-order valence-electron chi connectivity index (χ3n) is 9.36. The molecule has 0 saturated carbocycles. The number of allylic oxidation sites excluding steroid dienone is 1. The zero-order valence-corrected chi connectivity index (χ0v) is 24.4. The summed E-state index contributed by atoms with van der Waals surface area (Å²) >= 11 is 0. The Morgan fingerprint density at radius 1 is 0.837 bits per heavy atom. The maximum Gasteiger partial charge on any atom is 0.219 e. The number of aryl methyl sites for hydroxylation is 2. The normalized spacial score (nSPS) is 17.9. The van der Waals surface area contributed by atoms with Gasteiger partial charge >= 0.3 is 0 Å². The summed E-state index contributed by atoms with van der Waals surface area (Å²) in [5.74, 6) is 0.280. The first kappa shape index (κ1) is 25.7. The number of pyridine rings is 1. The highest BCUT2D eigenvalue weighted by molar-refractivity contribution is 6.10. The first-order valence-corrected chi connectivity index (χ1v) is 15.1. The Bertz CT molecular complexity index is 2110. The van der Waals surface area contributed by atoms with E-state index in [1.807, 2.05) is 12.1 Å². The fourth-order valence-corrected chi connectivity index (χ4v) is 7.26. The summed E-state index contributed by atoms with van der Waals surface area (Å²) in [5.41, 5.74) is 13.8. The van der Waals surface area contributed by atoms with E-state index in [4.69, 9.17) is 16.0 Å². The molecule has 8 rings (SSSR count). The lowest BCUT2D eigenvalue weighted by Crippen LogP contribution is -2.38. The van der Waals surface area contributed by atoms with Crippen LogP contribution in [0.25, 0.3) is 50.0 Å². The number of hydrogen-bond donors (Lipinski definition) is 0. The van der Waals surface area contributed by atoms with Gasteiger partial charge in [0.05, 0.1) is 23.7 Å². The quantitative estimate of drug-likeness (QED) is 0.195. The van der Waals surface area contributed by atoms with Gasteiger partial charge in [-0.15, -0.1) is 0 Å². The molecule has 2 aromatic heterocycles. The number of nitrogens with zero attached hydrogens (tertiary/aromatic N) is 2. The van der Waals surface area contributed by atoms with Crippen molar-refractivity contribution in [2.24, 2.45) is 4.99 Å². The topological polar surface area (TPSA) is 29.4 Å². The fraction of sp³-hybridized carbons (Fsp3) is 0.150. The van der Waals surface area contributed by atoms with Crippen LogP contribution in [0.3, 0.4) is 0 Å². The molecular weight excluding hydrogens is 524 g/mol. The Labute approximate surface area is 252 Å². The van der Waals surface area contributed by atoms with Crippen molar-refractivity contribution in [3.05, 3.63) is 145 Å². The van der Waals surface area contributed by atoms with Gasteiger partial charge in [0.15, 0.2) is 11.9 Å². The van der Waals surface area contributed by atoms with Gasteiger partial charge in [0.1, 0.15) is 11.2 Å². The van der Waals surface area contributed by atoms with Crippen LogP contribution in [0.4, 0.5) is 0 Å². The Morgan fingerprint density at radius 3 is 2.49 bits per heavy atom. The van der Waals surface area contributed by atoms with Crippen LogP contribution in [0, 0.1) is 6.92 Å². The lowest BCUT2D eigenvalue weighted by atomic mass is 9.78. The molecule has 0 amide bonds. The molecule has 208 valence electrons. The van der Waals surface area contributed by atoms with Gasteiger partial charge < -0.3 is 4.42 Å². The van der Waals surface area contributed by atoms with Gasteiger partial charge in [0, 0.05) is 33.9 Å². The average Bonchev–Trinajstić information content (AvgIpc) is 3.41. The van der Waals surface area contributed by atoms with Crippen LogP contribution in [-0.2, 0) is 6.42 Å². The molecule has 0 fully saturated rings. The van der Waals surface area contributed by atoms with Crippen molar-refractivity contribution in [2.75, 3.05) is 0 Å². The number of benzene rings is 4. The number of aromatic nitrogens is 1. The number of hydrogen-bond acceptors (Lipinski definition) is 2. The summed E-state index contributed by atoms with van der Waals surface area (Å²) in [5, 5.41) is 2.29. The van der Waals surface area contributed by atoms with Gasteiger partial charge in [0.2, 0.25) is 5.69 Å².